The molecule has 0 fully saturated rings. The van der Waals surface area contributed by atoms with Gasteiger partial charge in [0.15, 0.2) is 0 Å². The number of anilines is 1. The minimum absolute atomic E-state index is 0.0194. The lowest BCUT2D eigenvalue weighted by Crippen LogP contribution is -2.29. The maximum Gasteiger partial charge on any atom is 0.269 e. The topological polar surface area (TPSA) is 115 Å². The highest BCUT2D eigenvalue weighted by Gasteiger charge is 2.39. The molecule has 0 bridgehead atoms. The van der Waals surface area contributed by atoms with Crippen LogP contribution in [0.15, 0.2) is 53.4 Å². The number of nitrogens with one attached hydrogen (secondary N) is 1. The number of halogens is 1. The van der Waals surface area contributed by atoms with Crippen LogP contribution in [0.5, 0.6) is 0 Å². The molecule has 27 heavy (non-hydrogen) atoms. The van der Waals surface area contributed by atoms with Crippen molar-refractivity contribution in [2.75, 3.05) is 5.32 Å². The van der Waals surface area contributed by atoms with Gasteiger partial charge in [0.25, 0.3) is 5.69 Å². The fourth-order valence-corrected chi connectivity index (χ4v) is 4.72. The van der Waals surface area contributed by atoms with Gasteiger partial charge in [-0.25, -0.2) is 13.6 Å². The molecule has 4 rings (SSSR count). The summed E-state index contributed by atoms with van der Waals surface area (Å²) in [5.74, 6) is 0.0380. The predicted octanol–water partition coefficient (Wildman–Crippen LogP) is 3.72. The van der Waals surface area contributed by atoms with Crippen molar-refractivity contribution in [3.05, 3.63) is 74.8 Å². The monoisotopic (exact) mass is 405 g/mol. The van der Waals surface area contributed by atoms with E-state index in [2.05, 4.69) is 5.32 Å². The molecule has 1 aliphatic carbocycles. The molecule has 0 saturated carbocycles. The minimum Gasteiger partial charge on any atom is -0.378 e. The highest BCUT2D eigenvalue weighted by molar-refractivity contribution is 7.89. The lowest BCUT2D eigenvalue weighted by atomic mass is 9.77. The van der Waals surface area contributed by atoms with Crippen molar-refractivity contribution in [2.45, 2.75) is 23.3 Å². The first-order chi connectivity index (χ1) is 12.8. The molecule has 0 saturated heterocycles. The average Bonchev–Trinajstić information content (AvgIpc) is 3.10. The maximum atomic E-state index is 11.7. The standard InChI is InChI=1S/C18H16ClN3O4S/c19-16-6-4-10(22(23)24)8-15(16)18-13-3-1-2-12(13)14-9-11(27(20,25)26)5-7-17(14)21-18/h1-2,4-9,12-13,18,21H,3H2,(H2,20,25,26). The lowest BCUT2D eigenvalue weighted by Gasteiger charge is -2.38. The fraction of sp³-hybridized carbons (Fsp3) is 0.222. The fourth-order valence-electron chi connectivity index (χ4n) is 3.94. The molecule has 3 unspecified atom stereocenters. The summed E-state index contributed by atoms with van der Waals surface area (Å²) in [6.45, 7) is 0. The molecule has 7 nitrogen and oxygen atoms in total. The molecular formula is C18H16ClN3O4S. The van der Waals surface area contributed by atoms with E-state index in [1.54, 1.807) is 12.1 Å². The number of sulfonamides is 1. The number of nitro groups is 1. The Bertz CT molecular complexity index is 1080. The molecule has 2 aromatic rings. The average molecular weight is 406 g/mol. The SMILES string of the molecule is NS(=O)(=O)c1ccc2c(c1)C1C=CCC1C(c1cc([N+](=O)[O-])ccc1Cl)N2. The third-order valence-corrected chi connectivity index (χ3v) is 6.44. The van der Waals surface area contributed by atoms with Crippen LogP contribution >= 0.6 is 11.6 Å². The first-order valence-electron chi connectivity index (χ1n) is 8.29. The van der Waals surface area contributed by atoms with Crippen molar-refractivity contribution in [3.8, 4) is 0 Å². The smallest absolute Gasteiger partial charge is 0.269 e. The van der Waals surface area contributed by atoms with Gasteiger partial charge < -0.3 is 5.32 Å². The predicted molar refractivity (Wildman–Crippen MR) is 102 cm³/mol. The van der Waals surface area contributed by atoms with E-state index < -0.39 is 14.9 Å². The Balaban J connectivity index is 1.82. The molecule has 2 aromatic carbocycles. The van der Waals surface area contributed by atoms with Crippen molar-refractivity contribution in [1.82, 2.24) is 0 Å². The number of allylic oxidation sites excluding steroid dienone is 2. The summed E-state index contributed by atoms with van der Waals surface area (Å²) in [7, 11) is -3.80. The number of nitrogens with two attached hydrogens (primary N) is 1. The number of fused-ring (bicyclic) bond motifs is 3. The molecule has 9 heteroatoms. The van der Waals surface area contributed by atoms with Crippen molar-refractivity contribution < 1.29 is 13.3 Å². The summed E-state index contributed by atoms with van der Waals surface area (Å²) in [5.41, 5.74) is 2.25. The van der Waals surface area contributed by atoms with E-state index >= 15 is 0 Å². The quantitative estimate of drug-likeness (QED) is 0.458. The van der Waals surface area contributed by atoms with Crippen molar-refractivity contribution in [2.24, 2.45) is 11.1 Å². The van der Waals surface area contributed by atoms with Crippen molar-refractivity contribution in [1.29, 1.82) is 0 Å². The van der Waals surface area contributed by atoms with Gasteiger partial charge in [-0.05, 0) is 42.2 Å². The summed E-state index contributed by atoms with van der Waals surface area (Å²) >= 11 is 6.36. The number of non-ortho nitro benzene ring substituents is 1. The number of rotatable bonds is 3. The number of hydrogen-bond donors (Lipinski definition) is 2. The summed E-state index contributed by atoms with van der Waals surface area (Å²) in [5, 5.41) is 20.3. The van der Waals surface area contributed by atoms with Crippen LogP contribution < -0.4 is 10.5 Å². The van der Waals surface area contributed by atoms with Crippen LogP contribution in [0.25, 0.3) is 0 Å². The molecular weight excluding hydrogens is 390 g/mol. The minimum atomic E-state index is -3.80. The van der Waals surface area contributed by atoms with E-state index in [0.717, 1.165) is 17.7 Å². The Morgan fingerprint density at radius 2 is 1.96 bits per heavy atom. The van der Waals surface area contributed by atoms with Gasteiger partial charge in [-0.2, -0.15) is 0 Å². The van der Waals surface area contributed by atoms with Crippen LogP contribution in [-0.2, 0) is 10.0 Å². The van der Waals surface area contributed by atoms with Gasteiger partial charge in [0.2, 0.25) is 10.0 Å². The summed E-state index contributed by atoms with van der Waals surface area (Å²) in [4.78, 5) is 10.8. The Morgan fingerprint density at radius 3 is 2.67 bits per heavy atom. The van der Waals surface area contributed by atoms with E-state index in [9.17, 15) is 18.5 Å². The van der Waals surface area contributed by atoms with Gasteiger partial charge >= 0.3 is 0 Å². The Morgan fingerprint density at radius 1 is 1.19 bits per heavy atom. The Labute approximate surface area is 161 Å². The van der Waals surface area contributed by atoms with E-state index in [-0.39, 0.29) is 28.5 Å². The second kappa shape index (κ2) is 6.33. The molecule has 2 aliphatic rings. The molecule has 0 aromatic heterocycles. The zero-order valence-corrected chi connectivity index (χ0v) is 15.6. The number of nitro benzene ring substituents is 1. The molecule has 3 atom stereocenters. The molecule has 1 heterocycles. The summed E-state index contributed by atoms with van der Waals surface area (Å²) in [6, 6.07) is 8.90. The molecule has 1 aliphatic heterocycles. The Hall–Kier alpha value is -2.42. The molecule has 0 spiro atoms. The summed E-state index contributed by atoms with van der Waals surface area (Å²) in [6.07, 6.45) is 4.82. The highest BCUT2D eigenvalue weighted by Crippen LogP contribution is 2.51. The third kappa shape index (κ3) is 3.09. The van der Waals surface area contributed by atoms with Crippen LogP contribution in [-0.4, -0.2) is 13.3 Å². The second-order valence-electron chi connectivity index (χ2n) is 6.73. The van der Waals surface area contributed by atoms with Crippen molar-refractivity contribution in [3.63, 3.8) is 0 Å². The maximum absolute atomic E-state index is 11.7. The molecule has 140 valence electrons. The Kier molecular flexibility index (Phi) is 4.21. The van der Waals surface area contributed by atoms with Gasteiger partial charge in [-0.1, -0.05) is 23.8 Å². The normalized spacial score (nSPS) is 23.4. The summed E-state index contributed by atoms with van der Waals surface area (Å²) < 4.78 is 23.4. The van der Waals surface area contributed by atoms with Gasteiger partial charge in [0.05, 0.1) is 15.9 Å². The van der Waals surface area contributed by atoms with Crippen LogP contribution in [0.2, 0.25) is 5.02 Å². The molecule has 0 radical (unpaired) electrons. The molecule has 0 amide bonds. The highest BCUT2D eigenvalue weighted by atomic mass is 35.5. The zero-order chi connectivity index (χ0) is 19.3. The van der Waals surface area contributed by atoms with Gasteiger partial charge in [0, 0.05) is 34.3 Å². The van der Waals surface area contributed by atoms with Crippen LogP contribution in [0.1, 0.15) is 29.5 Å². The van der Waals surface area contributed by atoms with E-state index in [4.69, 9.17) is 16.7 Å². The first-order valence-corrected chi connectivity index (χ1v) is 10.2. The van der Waals surface area contributed by atoms with E-state index in [0.29, 0.717) is 10.6 Å². The third-order valence-electron chi connectivity index (χ3n) is 5.19. The van der Waals surface area contributed by atoms with Gasteiger partial charge in [0.1, 0.15) is 0 Å². The van der Waals surface area contributed by atoms with Crippen LogP contribution in [0, 0.1) is 16.0 Å². The molecule has 3 N–H and O–H groups in total. The van der Waals surface area contributed by atoms with Crippen LogP contribution in [0.4, 0.5) is 11.4 Å². The van der Waals surface area contributed by atoms with E-state index in [1.807, 2.05) is 12.2 Å². The van der Waals surface area contributed by atoms with Gasteiger partial charge in [-0.15, -0.1) is 0 Å². The number of nitrogens with zero attached hydrogens (tertiary/aromatic N) is 1. The number of hydrogen-bond acceptors (Lipinski definition) is 5. The first kappa shape index (κ1) is 18.0. The van der Waals surface area contributed by atoms with E-state index in [1.165, 1.54) is 24.3 Å². The lowest BCUT2D eigenvalue weighted by molar-refractivity contribution is -0.384. The van der Waals surface area contributed by atoms with Crippen molar-refractivity contribution >= 4 is 33.0 Å². The van der Waals surface area contributed by atoms with Crippen LogP contribution in [0.3, 0.4) is 0 Å². The largest absolute Gasteiger partial charge is 0.378 e. The number of benzene rings is 2. The zero-order valence-electron chi connectivity index (χ0n) is 14.0. The van der Waals surface area contributed by atoms with Gasteiger partial charge in [-0.3, -0.25) is 10.1 Å². The second-order valence-corrected chi connectivity index (χ2v) is 8.70. The number of primary sulfonamides is 1.